The number of hydrogen-bond donors (Lipinski definition) is 1. The van der Waals surface area contributed by atoms with Crippen LogP contribution in [-0.2, 0) is 36.9 Å². The van der Waals surface area contributed by atoms with Crippen molar-refractivity contribution in [2.75, 3.05) is 6.54 Å². The van der Waals surface area contributed by atoms with Crippen LogP contribution < -0.4 is 5.32 Å². The van der Waals surface area contributed by atoms with E-state index in [-0.39, 0.29) is 11.7 Å². The molecule has 4 aromatic rings. The Kier molecular flexibility index (Phi) is 10.1. The molecular formula is C42H45NO. The molecule has 0 fully saturated rings. The molecule has 44 heavy (non-hydrogen) atoms. The third kappa shape index (κ3) is 7.19. The molecule has 0 spiro atoms. The first kappa shape index (κ1) is 31.0. The lowest BCUT2D eigenvalue weighted by molar-refractivity contribution is -0.113. The quantitative estimate of drug-likeness (QED) is 0.160. The van der Waals surface area contributed by atoms with E-state index >= 15 is 0 Å². The second-order valence-corrected chi connectivity index (χ2v) is 12.0. The molecule has 0 atom stereocenters. The van der Waals surface area contributed by atoms with Gasteiger partial charge < -0.3 is 5.32 Å². The molecule has 4 aromatic carbocycles. The smallest absolute Gasteiger partial charge is 0.156 e. The van der Waals surface area contributed by atoms with Crippen molar-refractivity contribution >= 4 is 17.4 Å². The lowest BCUT2D eigenvalue weighted by Crippen LogP contribution is -2.15. The average Bonchev–Trinajstić information content (AvgIpc) is 3.51. The van der Waals surface area contributed by atoms with Gasteiger partial charge in [0.05, 0.1) is 0 Å². The first-order valence-corrected chi connectivity index (χ1v) is 16.1. The minimum Gasteiger partial charge on any atom is -0.385 e. The number of benzene rings is 4. The van der Waals surface area contributed by atoms with E-state index in [0.29, 0.717) is 6.42 Å². The van der Waals surface area contributed by atoms with Gasteiger partial charge in [-0.25, -0.2) is 0 Å². The minimum atomic E-state index is 0.145. The van der Waals surface area contributed by atoms with Crippen molar-refractivity contribution in [2.45, 2.75) is 65.7 Å². The summed E-state index contributed by atoms with van der Waals surface area (Å²) in [7, 11) is 0. The van der Waals surface area contributed by atoms with Crippen molar-refractivity contribution in [1.82, 2.24) is 5.32 Å². The molecular weight excluding hydrogens is 534 g/mol. The molecule has 1 aliphatic rings. The van der Waals surface area contributed by atoms with Crippen molar-refractivity contribution in [3.05, 3.63) is 165 Å². The Balaban J connectivity index is 1.37. The largest absolute Gasteiger partial charge is 0.385 e. The zero-order valence-electron chi connectivity index (χ0n) is 26.8. The fraction of sp³-hybridized carbons (Fsp3) is 0.262. The van der Waals surface area contributed by atoms with Crippen LogP contribution in [0.5, 0.6) is 0 Å². The molecule has 5 rings (SSSR count). The summed E-state index contributed by atoms with van der Waals surface area (Å²) in [6, 6.07) is 32.9. The highest BCUT2D eigenvalue weighted by molar-refractivity contribution is 6.01. The summed E-state index contributed by atoms with van der Waals surface area (Å²) < 4.78 is 0. The lowest BCUT2D eigenvalue weighted by Gasteiger charge is -2.21. The number of carbonyl (C=O) groups excluding carboxylic acids is 1. The molecule has 224 valence electrons. The van der Waals surface area contributed by atoms with Gasteiger partial charge in [-0.05, 0) is 113 Å². The van der Waals surface area contributed by atoms with Crippen LogP contribution in [0.3, 0.4) is 0 Å². The molecule has 0 heterocycles. The van der Waals surface area contributed by atoms with Crippen molar-refractivity contribution in [2.24, 2.45) is 0 Å². The van der Waals surface area contributed by atoms with Crippen molar-refractivity contribution < 1.29 is 4.79 Å². The van der Waals surface area contributed by atoms with Gasteiger partial charge in [-0.15, -0.1) is 0 Å². The van der Waals surface area contributed by atoms with E-state index in [1.54, 1.807) is 6.92 Å². The van der Waals surface area contributed by atoms with Crippen LogP contribution in [0.4, 0.5) is 0 Å². The SMILES string of the molecule is C=C(/C=C(\C)c1ccc(CC(c2ccccc2)c2ccccc2)c2c1C=C(C(C)=O)C2)NCCc1ccc(CC)c(CC)c1. The Morgan fingerprint density at radius 2 is 1.48 bits per heavy atom. The van der Waals surface area contributed by atoms with Gasteiger partial charge in [0.2, 0.25) is 0 Å². The number of hydrogen-bond acceptors (Lipinski definition) is 2. The Morgan fingerprint density at radius 3 is 2.09 bits per heavy atom. The number of rotatable bonds is 13. The Bertz CT molecular complexity index is 1650. The maximum Gasteiger partial charge on any atom is 0.156 e. The molecule has 0 radical (unpaired) electrons. The second kappa shape index (κ2) is 14.4. The van der Waals surface area contributed by atoms with Gasteiger partial charge in [-0.3, -0.25) is 4.79 Å². The maximum absolute atomic E-state index is 12.6. The van der Waals surface area contributed by atoms with Gasteiger partial charge in [0.25, 0.3) is 0 Å². The molecule has 1 aliphatic carbocycles. The van der Waals surface area contributed by atoms with E-state index in [1.165, 1.54) is 50.1 Å². The molecule has 0 aromatic heterocycles. The summed E-state index contributed by atoms with van der Waals surface area (Å²) in [5, 5.41) is 3.53. The standard InChI is InChI=1S/C42H45NO/c1-6-33-19-18-32(25-34(33)7-2)22-23-43-30(4)24-29(3)39-21-20-37(41-27-38(31(5)44)28-42(39)41)26-40(35-14-10-8-11-15-35)36-16-12-9-13-17-36/h8-21,24-25,28,40,43H,4,6-7,22-23,26-27H2,1-3,5H3/b29-24+. The summed E-state index contributed by atoms with van der Waals surface area (Å²) >= 11 is 0. The summed E-state index contributed by atoms with van der Waals surface area (Å²) in [4.78, 5) is 12.6. The van der Waals surface area contributed by atoms with E-state index < -0.39 is 0 Å². The third-order valence-corrected chi connectivity index (χ3v) is 9.03. The number of carbonyl (C=O) groups is 1. The molecule has 0 saturated carbocycles. The molecule has 2 nitrogen and oxygen atoms in total. The van der Waals surface area contributed by atoms with Gasteiger partial charge in [0.15, 0.2) is 5.78 Å². The highest BCUT2D eigenvalue weighted by Gasteiger charge is 2.24. The van der Waals surface area contributed by atoms with Crippen LogP contribution in [0, 0.1) is 0 Å². The number of Topliss-reactive ketones (excluding diaryl/α,β-unsaturated/α-hetero) is 1. The Morgan fingerprint density at radius 1 is 0.841 bits per heavy atom. The topological polar surface area (TPSA) is 29.1 Å². The summed E-state index contributed by atoms with van der Waals surface area (Å²) in [6.45, 7) is 13.4. The third-order valence-electron chi connectivity index (χ3n) is 9.03. The summed E-state index contributed by atoms with van der Waals surface area (Å²) in [5.41, 5.74) is 14.7. The molecule has 0 amide bonds. The van der Waals surface area contributed by atoms with Crippen LogP contribution in [-0.4, -0.2) is 12.3 Å². The van der Waals surface area contributed by atoms with Gasteiger partial charge in [0.1, 0.15) is 0 Å². The Labute approximate surface area is 264 Å². The Hall–Kier alpha value is -4.43. The number of aryl methyl sites for hydroxylation is 2. The lowest BCUT2D eigenvalue weighted by atomic mass is 9.83. The van der Waals surface area contributed by atoms with E-state index in [1.807, 2.05) is 0 Å². The number of fused-ring (bicyclic) bond motifs is 1. The average molecular weight is 580 g/mol. The van der Waals surface area contributed by atoms with E-state index in [2.05, 4.69) is 136 Å². The molecule has 0 aliphatic heterocycles. The highest BCUT2D eigenvalue weighted by Crippen LogP contribution is 2.38. The summed E-state index contributed by atoms with van der Waals surface area (Å²) in [5.74, 6) is 0.382. The second-order valence-electron chi connectivity index (χ2n) is 12.0. The molecule has 0 bridgehead atoms. The van der Waals surface area contributed by atoms with Crippen LogP contribution in [0.15, 0.2) is 115 Å². The molecule has 2 heteroatoms. The van der Waals surface area contributed by atoms with Crippen LogP contribution in [0.2, 0.25) is 0 Å². The molecule has 0 unspecified atom stereocenters. The predicted octanol–water partition coefficient (Wildman–Crippen LogP) is 9.46. The van der Waals surface area contributed by atoms with Gasteiger partial charge in [0, 0.05) is 24.6 Å². The van der Waals surface area contributed by atoms with Crippen LogP contribution in [0.1, 0.15) is 83.7 Å². The van der Waals surface area contributed by atoms with Crippen molar-refractivity contribution in [1.29, 1.82) is 0 Å². The van der Waals surface area contributed by atoms with Gasteiger partial charge >= 0.3 is 0 Å². The van der Waals surface area contributed by atoms with Gasteiger partial charge in [-0.2, -0.15) is 0 Å². The number of nitrogens with one attached hydrogen (secondary N) is 1. The summed E-state index contributed by atoms with van der Waals surface area (Å²) in [6.07, 6.45) is 8.94. The van der Waals surface area contributed by atoms with E-state index in [9.17, 15) is 4.79 Å². The zero-order valence-corrected chi connectivity index (χ0v) is 26.8. The van der Waals surface area contributed by atoms with Gasteiger partial charge in [-0.1, -0.05) is 111 Å². The fourth-order valence-corrected chi connectivity index (χ4v) is 6.55. The minimum absolute atomic E-state index is 0.145. The van der Waals surface area contributed by atoms with Crippen molar-refractivity contribution in [3.63, 3.8) is 0 Å². The number of allylic oxidation sites excluding steroid dienone is 3. The monoisotopic (exact) mass is 579 g/mol. The van der Waals surface area contributed by atoms with E-state index in [4.69, 9.17) is 0 Å². The van der Waals surface area contributed by atoms with Crippen LogP contribution >= 0.6 is 0 Å². The molecule has 0 saturated heterocycles. The first-order valence-electron chi connectivity index (χ1n) is 16.1. The normalized spacial score (nSPS) is 12.7. The molecule has 1 N–H and O–H groups in total. The first-order chi connectivity index (χ1) is 21.4. The predicted molar refractivity (Wildman–Crippen MR) is 187 cm³/mol. The maximum atomic E-state index is 12.6. The number of ketones is 1. The zero-order chi connectivity index (χ0) is 31.1. The fourth-order valence-electron chi connectivity index (χ4n) is 6.55. The van der Waals surface area contributed by atoms with Crippen molar-refractivity contribution in [3.8, 4) is 0 Å². The van der Waals surface area contributed by atoms with Crippen LogP contribution in [0.25, 0.3) is 11.6 Å². The highest BCUT2D eigenvalue weighted by atomic mass is 16.1. The van der Waals surface area contributed by atoms with E-state index in [0.717, 1.165) is 49.1 Å².